The SMILES string of the molecule is CC(C)S(=O)(=O)NCC(C)(O)CO. The molecule has 0 fully saturated rings. The van der Waals surface area contributed by atoms with Gasteiger partial charge in [0.05, 0.1) is 17.5 Å². The molecule has 0 amide bonds. The molecule has 6 heteroatoms. The van der Waals surface area contributed by atoms with Crippen LogP contribution in [0.1, 0.15) is 20.8 Å². The van der Waals surface area contributed by atoms with Gasteiger partial charge in [0.2, 0.25) is 10.0 Å². The van der Waals surface area contributed by atoms with Crippen molar-refractivity contribution < 1.29 is 18.6 Å². The lowest BCUT2D eigenvalue weighted by Crippen LogP contribution is -2.45. The molecule has 0 radical (unpaired) electrons. The van der Waals surface area contributed by atoms with Gasteiger partial charge >= 0.3 is 0 Å². The summed E-state index contributed by atoms with van der Waals surface area (Å²) in [5, 5.41) is 17.4. The van der Waals surface area contributed by atoms with Crippen LogP contribution in [0.5, 0.6) is 0 Å². The van der Waals surface area contributed by atoms with Crippen molar-refractivity contribution in [1.82, 2.24) is 4.72 Å². The fraction of sp³-hybridized carbons (Fsp3) is 1.00. The van der Waals surface area contributed by atoms with Crippen LogP contribution in [0.2, 0.25) is 0 Å². The zero-order valence-electron chi connectivity index (χ0n) is 8.11. The van der Waals surface area contributed by atoms with Crippen molar-refractivity contribution in [3.8, 4) is 0 Å². The summed E-state index contributed by atoms with van der Waals surface area (Å²) in [5.41, 5.74) is -1.40. The Morgan fingerprint density at radius 3 is 2.23 bits per heavy atom. The van der Waals surface area contributed by atoms with Gasteiger partial charge in [0.1, 0.15) is 0 Å². The summed E-state index contributed by atoms with van der Waals surface area (Å²) >= 11 is 0. The quantitative estimate of drug-likeness (QED) is 0.547. The highest BCUT2D eigenvalue weighted by molar-refractivity contribution is 7.90. The van der Waals surface area contributed by atoms with Crippen LogP contribution in [0.3, 0.4) is 0 Å². The highest BCUT2D eigenvalue weighted by Crippen LogP contribution is 2.02. The van der Waals surface area contributed by atoms with Gasteiger partial charge in [-0.25, -0.2) is 13.1 Å². The van der Waals surface area contributed by atoms with E-state index in [0.29, 0.717) is 0 Å². The highest BCUT2D eigenvalue weighted by atomic mass is 32.2. The van der Waals surface area contributed by atoms with Gasteiger partial charge in [-0.1, -0.05) is 0 Å². The minimum Gasteiger partial charge on any atom is -0.393 e. The zero-order chi connectivity index (χ0) is 10.7. The van der Waals surface area contributed by atoms with E-state index in [1.807, 2.05) is 0 Å². The normalized spacial score (nSPS) is 17.4. The van der Waals surface area contributed by atoms with E-state index in [0.717, 1.165) is 0 Å². The monoisotopic (exact) mass is 211 g/mol. The third kappa shape index (κ3) is 4.56. The molecule has 0 aliphatic rings. The minimum absolute atomic E-state index is 0.177. The first-order valence-electron chi connectivity index (χ1n) is 4.03. The molecule has 5 nitrogen and oxygen atoms in total. The van der Waals surface area contributed by atoms with Crippen LogP contribution in [0.25, 0.3) is 0 Å². The minimum atomic E-state index is -3.36. The van der Waals surface area contributed by atoms with Gasteiger partial charge in [0.15, 0.2) is 0 Å². The van der Waals surface area contributed by atoms with Crippen LogP contribution in [0.4, 0.5) is 0 Å². The number of hydrogen-bond acceptors (Lipinski definition) is 4. The van der Waals surface area contributed by atoms with E-state index in [4.69, 9.17) is 5.11 Å². The molecule has 1 atom stereocenters. The van der Waals surface area contributed by atoms with Crippen molar-refractivity contribution in [3.63, 3.8) is 0 Å². The smallest absolute Gasteiger partial charge is 0.214 e. The summed E-state index contributed by atoms with van der Waals surface area (Å²) in [6, 6.07) is 0. The van der Waals surface area contributed by atoms with Crippen LogP contribution < -0.4 is 4.72 Å². The summed E-state index contributed by atoms with van der Waals surface area (Å²) in [6.45, 7) is 3.78. The number of rotatable bonds is 5. The maximum absolute atomic E-state index is 11.2. The maximum atomic E-state index is 11.2. The Morgan fingerprint density at radius 2 is 1.92 bits per heavy atom. The second kappa shape index (κ2) is 4.36. The van der Waals surface area contributed by atoms with E-state index < -0.39 is 27.5 Å². The van der Waals surface area contributed by atoms with Gasteiger partial charge in [-0.2, -0.15) is 0 Å². The molecular formula is C7H17NO4S. The Balaban J connectivity index is 4.19. The molecule has 0 heterocycles. The number of nitrogens with one attached hydrogen (secondary N) is 1. The predicted molar refractivity (Wildman–Crippen MR) is 49.8 cm³/mol. The van der Waals surface area contributed by atoms with E-state index >= 15 is 0 Å². The Hall–Kier alpha value is -0.170. The molecule has 0 bridgehead atoms. The molecule has 0 saturated carbocycles. The van der Waals surface area contributed by atoms with Gasteiger partial charge in [-0.15, -0.1) is 0 Å². The number of aliphatic hydroxyl groups excluding tert-OH is 1. The molecule has 1 unspecified atom stereocenters. The van der Waals surface area contributed by atoms with Gasteiger partial charge in [-0.3, -0.25) is 0 Å². The van der Waals surface area contributed by atoms with Crippen molar-refractivity contribution in [2.45, 2.75) is 31.6 Å². The van der Waals surface area contributed by atoms with Crippen LogP contribution in [0.15, 0.2) is 0 Å². The Morgan fingerprint density at radius 1 is 1.46 bits per heavy atom. The molecule has 0 saturated heterocycles. The first kappa shape index (κ1) is 12.8. The van der Waals surface area contributed by atoms with Crippen LogP contribution in [-0.4, -0.2) is 42.6 Å². The summed E-state index contributed by atoms with van der Waals surface area (Å²) < 4.78 is 24.6. The van der Waals surface area contributed by atoms with Gasteiger partial charge < -0.3 is 10.2 Å². The standard InChI is InChI=1S/C7H17NO4S/c1-6(2)13(11,12)8-4-7(3,10)5-9/h6,8-10H,4-5H2,1-3H3. The van der Waals surface area contributed by atoms with Gasteiger partial charge in [0, 0.05) is 6.54 Å². The molecule has 3 N–H and O–H groups in total. The van der Waals surface area contributed by atoms with Crippen LogP contribution in [-0.2, 0) is 10.0 Å². The molecule has 0 aromatic rings. The Kier molecular flexibility index (Phi) is 4.31. The molecule has 0 rings (SSSR count). The topological polar surface area (TPSA) is 86.6 Å². The van der Waals surface area contributed by atoms with E-state index in [1.54, 1.807) is 0 Å². The molecule has 80 valence electrons. The average molecular weight is 211 g/mol. The van der Waals surface area contributed by atoms with Gasteiger partial charge in [0.25, 0.3) is 0 Å². The molecular weight excluding hydrogens is 194 g/mol. The van der Waals surface area contributed by atoms with E-state index in [1.165, 1.54) is 20.8 Å². The number of sulfonamides is 1. The molecule has 0 aromatic carbocycles. The first-order chi connectivity index (χ1) is 5.71. The lowest BCUT2D eigenvalue weighted by molar-refractivity contribution is 0.00678. The number of hydrogen-bond donors (Lipinski definition) is 3. The van der Waals surface area contributed by atoms with Crippen molar-refractivity contribution in [3.05, 3.63) is 0 Å². The summed E-state index contributed by atoms with van der Waals surface area (Å²) in [4.78, 5) is 0. The largest absolute Gasteiger partial charge is 0.393 e. The Labute approximate surface area is 78.8 Å². The predicted octanol–water partition coefficient (Wildman–Crippen LogP) is -0.942. The van der Waals surface area contributed by atoms with Crippen LogP contribution >= 0.6 is 0 Å². The van der Waals surface area contributed by atoms with Crippen molar-refractivity contribution in [2.75, 3.05) is 13.2 Å². The second-order valence-electron chi connectivity index (χ2n) is 3.57. The average Bonchev–Trinajstić information content (AvgIpc) is 2.01. The fourth-order valence-corrected chi connectivity index (χ4v) is 1.32. The molecule has 0 aliphatic heterocycles. The van der Waals surface area contributed by atoms with E-state index in [2.05, 4.69) is 4.72 Å². The first-order valence-corrected chi connectivity index (χ1v) is 5.57. The van der Waals surface area contributed by atoms with E-state index in [-0.39, 0.29) is 6.54 Å². The third-order valence-electron chi connectivity index (χ3n) is 1.62. The maximum Gasteiger partial charge on any atom is 0.214 e. The number of aliphatic hydroxyl groups is 2. The summed E-state index contributed by atoms with van der Waals surface area (Å²) in [7, 11) is -3.36. The fourth-order valence-electron chi connectivity index (χ4n) is 0.479. The van der Waals surface area contributed by atoms with Crippen LogP contribution in [0, 0.1) is 0 Å². The lowest BCUT2D eigenvalue weighted by Gasteiger charge is -2.21. The zero-order valence-corrected chi connectivity index (χ0v) is 8.93. The van der Waals surface area contributed by atoms with Crippen molar-refractivity contribution in [1.29, 1.82) is 0 Å². The summed E-state index contributed by atoms with van der Waals surface area (Å²) in [6.07, 6.45) is 0. The van der Waals surface area contributed by atoms with E-state index in [9.17, 15) is 13.5 Å². The lowest BCUT2D eigenvalue weighted by atomic mass is 10.1. The molecule has 0 spiro atoms. The molecule has 13 heavy (non-hydrogen) atoms. The molecule has 0 aromatic heterocycles. The van der Waals surface area contributed by atoms with Crippen molar-refractivity contribution >= 4 is 10.0 Å². The molecule has 0 aliphatic carbocycles. The highest BCUT2D eigenvalue weighted by Gasteiger charge is 2.23. The Bertz CT molecular complexity index is 245. The van der Waals surface area contributed by atoms with Crippen molar-refractivity contribution in [2.24, 2.45) is 0 Å². The van der Waals surface area contributed by atoms with Gasteiger partial charge in [-0.05, 0) is 20.8 Å². The second-order valence-corrected chi connectivity index (χ2v) is 5.89. The summed E-state index contributed by atoms with van der Waals surface area (Å²) in [5.74, 6) is 0. The third-order valence-corrected chi connectivity index (χ3v) is 3.40.